The third-order valence-corrected chi connectivity index (χ3v) is 7.16. The topological polar surface area (TPSA) is 34.2 Å². The molecule has 4 nitrogen and oxygen atoms in total. The van der Waals surface area contributed by atoms with Crippen molar-refractivity contribution in [2.45, 2.75) is 6.61 Å². The lowest BCUT2D eigenvalue weighted by molar-refractivity contribution is -0.358. The van der Waals surface area contributed by atoms with Gasteiger partial charge in [0.2, 0.25) is 5.17 Å². The monoisotopic (exact) mass is 538 g/mol. The molecule has 1 aromatic heterocycles. The smallest absolute Gasteiger partial charge is 0.457 e. The zero-order valence-electron chi connectivity index (χ0n) is 17.1. The van der Waals surface area contributed by atoms with Crippen LogP contribution in [-0.4, -0.2) is 27.1 Å². The molecule has 2 aliphatic heterocycles. The van der Waals surface area contributed by atoms with Crippen LogP contribution in [0.15, 0.2) is 77.5 Å². The van der Waals surface area contributed by atoms with Crippen LogP contribution in [0.4, 0.5) is 8.63 Å². The van der Waals surface area contributed by atoms with Crippen LogP contribution in [0.3, 0.4) is 0 Å². The lowest BCUT2D eigenvalue weighted by Gasteiger charge is -2.31. The minimum absolute atomic E-state index is 0.0233. The minimum Gasteiger partial charge on any atom is -0.457 e. The molecule has 0 spiro atoms. The Balaban J connectivity index is 1.54. The molecule has 11 heteroatoms. The van der Waals surface area contributed by atoms with Gasteiger partial charge in [-0.25, -0.2) is 4.79 Å². The number of carbonyl (C=O) groups excluding carboxylic acids is 1. The van der Waals surface area contributed by atoms with Crippen molar-refractivity contribution in [1.82, 2.24) is 4.48 Å². The molecule has 0 fully saturated rings. The molecular formula is C23H13BCl4F2N2O2. The van der Waals surface area contributed by atoms with Gasteiger partial charge >= 0.3 is 12.9 Å². The SMILES string of the molecule is O=C(OCc1ccccc1)c1ccc(C2=C3C=C(Cl)C(Cl)=[N+]3[B-](F)(F)n3c2cc(Cl)c3Cl)cc1. The number of esters is 1. The van der Waals surface area contributed by atoms with Gasteiger partial charge in [0.15, 0.2) is 5.70 Å². The first kappa shape index (κ1) is 23.2. The van der Waals surface area contributed by atoms with Crippen LogP contribution in [0, 0.1) is 0 Å². The molecule has 0 radical (unpaired) electrons. The first-order chi connectivity index (χ1) is 16.2. The Morgan fingerprint density at radius 3 is 2.35 bits per heavy atom. The molecular weight excluding hydrogens is 527 g/mol. The Bertz CT molecular complexity index is 1430. The Hall–Kier alpha value is -2.58. The summed E-state index contributed by atoms with van der Waals surface area (Å²) in [6.07, 6.45) is 1.37. The molecule has 0 bridgehead atoms. The number of halogens is 6. The molecule has 0 amide bonds. The molecule has 0 N–H and O–H groups in total. The van der Waals surface area contributed by atoms with Crippen LogP contribution in [0.5, 0.6) is 0 Å². The van der Waals surface area contributed by atoms with E-state index in [1.807, 2.05) is 30.3 Å². The number of carbonyl (C=O) groups is 1. The number of nitrogens with zero attached hydrogens (tertiary/aromatic N) is 2. The van der Waals surface area contributed by atoms with Gasteiger partial charge in [0.25, 0.3) is 0 Å². The Labute approximate surface area is 213 Å². The number of allylic oxidation sites excluding steroid dienone is 2. The van der Waals surface area contributed by atoms with E-state index in [4.69, 9.17) is 51.1 Å². The number of fused-ring (bicyclic) bond motifs is 2. The Kier molecular flexibility index (Phi) is 5.85. The summed E-state index contributed by atoms with van der Waals surface area (Å²) in [5, 5.41) is -0.673. The summed E-state index contributed by atoms with van der Waals surface area (Å²) in [4.78, 5) is 12.5. The summed E-state index contributed by atoms with van der Waals surface area (Å²) in [5.74, 6) is -0.511. The maximum Gasteiger partial charge on any atom is 0.739 e. The van der Waals surface area contributed by atoms with E-state index in [2.05, 4.69) is 0 Å². The second-order valence-electron chi connectivity index (χ2n) is 7.68. The molecule has 172 valence electrons. The molecule has 0 atom stereocenters. The summed E-state index contributed by atoms with van der Waals surface area (Å²) >= 11 is 24.5. The van der Waals surface area contributed by atoms with Gasteiger partial charge in [0, 0.05) is 11.8 Å². The Morgan fingerprint density at radius 1 is 1.00 bits per heavy atom. The molecule has 0 saturated heterocycles. The van der Waals surface area contributed by atoms with E-state index in [-0.39, 0.29) is 38.4 Å². The molecule has 0 aliphatic carbocycles. The lowest BCUT2D eigenvalue weighted by Crippen LogP contribution is -2.50. The van der Waals surface area contributed by atoms with Crippen molar-refractivity contribution in [3.05, 3.63) is 110 Å². The average molecular weight is 540 g/mol. The van der Waals surface area contributed by atoms with Crippen molar-refractivity contribution >= 4 is 70.1 Å². The zero-order chi connectivity index (χ0) is 24.2. The van der Waals surface area contributed by atoms with E-state index in [1.165, 1.54) is 12.1 Å². The predicted octanol–water partition coefficient (Wildman–Crippen LogP) is 6.93. The summed E-state index contributed by atoms with van der Waals surface area (Å²) in [6, 6.07) is 17.0. The number of ether oxygens (including phenoxy) is 1. The predicted molar refractivity (Wildman–Crippen MR) is 131 cm³/mol. The number of benzene rings is 2. The van der Waals surface area contributed by atoms with Gasteiger partial charge in [-0.3, -0.25) is 0 Å². The summed E-state index contributed by atoms with van der Waals surface area (Å²) in [5.41, 5.74) is 2.31. The molecule has 0 saturated carbocycles. The first-order valence-electron chi connectivity index (χ1n) is 10.0. The van der Waals surface area contributed by atoms with Crippen molar-refractivity contribution < 1.29 is 22.6 Å². The maximum absolute atomic E-state index is 15.4. The second-order valence-corrected chi connectivity index (χ2v) is 9.21. The van der Waals surface area contributed by atoms with Crippen LogP contribution in [-0.2, 0) is 11.3 Å². The average Bonchev–Trinajstić information content (AvgIpc) is 3.29. The fourth-order valence-electron chi connectivity index (χ4n) is 4.05. The largest absolute Gasteiger partial charge is 0.739 e. The minimum atomic E-state index is -4.45. The van der Waals surface area contributed by atoms with Gasteiger partial charge in [0.1, 0.15) is 11.6 Å². The lowest BCUT2D eigenvalue weighted by atomic mass is 9.86. The summed E-state index contributed by atoms with van der Waals surface area (Å²) in [6.45, 7) is -4.32. The molecule has 3 aromatic rings. The van der Waals surface area contributed by atoms with Crippen molar-refractivity contribution in [2.24, 2.45) is 0 Å². The van der Waals surface area contributed by atoms with E-state index in [1.54, 1.807) is 24.3 Å². The highest BCUT2D eigenvalue weighted by Gasteiger charge is 2.56. The molecule has 5 rings (SSSR count). The summed E-state index contributed by atoms with van der Waals surface area (Å²) in [7, 11) is 0. The van der Waals surface area contributed by atoms with Crippen molar-refractivity contribution in [1.29, 1.82) is 0 Å². The van der Waals surface area contributed by atoms with Crippen molar-refractivity contribution in [3.63, 3.8) is 0 Å². The molecule has 3 heterocycles. The number of hydrogen-bond donors (Lipinski definition) is 0. The highest BCUT2D eigenvalue weighted by Crippen LogP contribution is 2.45. The van der Waals surface area contributed by atoms with Crippen molar-refractivity contribution in [2.75, 3.05) is 0 Å². The number of hydrogen-bond acceptors (Lipinski definition) is 2. The van der Waals surface area contributed by atoms with Gasteiger partial charge in [0.05, 0.1) is 21.3 Å². The molecule has 2 aliphatic rings. The van der Waals surface area contributed by atoms with E-state index < -0.39 is 12.9 Å². The summed E-state index contributed by atoms with van der Waals surface area (Å²) < 4.78 is 37.6. The molecule has 34 heavy (non-hydrogen) atoms. The molecule has 2 aromatic carbocycles. The van der Waals surface area contributed by atoms with Gasteiger partial charge in [-0.2, -0.15) is 0 Å². The van der Waals surface area contributed by atoms with Crippen LogP contribution in [0.1, 0.15) is 27.2 Å². The quantitative estimate of drug-likeness (QED) is 0.266. The normalized spacial score (nSPS) is 16.4. The van der Waals surface area contributed by atoms with Crippen LogP contribution >= 0.6 is 46.4 Å². The van der Waals surface area contributed by atoms with Gasteiger partial charge in [-0.05, 0) is 40.9 Å². The fourth-order valence-corrected chi connectivity index (χ4v) is 4.97. The van der Waals surface area contributed by atoms with Crippen LogP contribution < -0.4 is 0 Å². The Morgan fingerprint density at radius 2 is 1.68 bits per heavy atom. The highest BCUT2D eigenvalue weighted by molar-refractivity contribution is 6.77. The number of aromatic nitrogens is 1. The number of rotatable bonds is 4. The van der Waals surface area contributed by atoms with Gasteiger partial charge in [-0.1, -0.05) is 77.3 Å². The van der Waals surface area contributed by atoms with E-state index in [0.717, 1.165) is 5.56 Å². The second kappa shape index (κ2) is 8.58. The first-order valence-corrected chi connectivity index (χ1v) is 11.6. The standard InChI is InChI=1S/C23H13BCl4F2N2O2/c25-16-10-18-20(19-11-17(26)22(28)32(19)24(29,30)31(18)21(16)27)14-6-8-15(9-7-14)23(33)34-12-13-4-2-1-3-5-13/h1-11H,12H2. The third kappa shape index (κ3) is 3.68. The van der Waals surface area contributed by atoms with Crippen molar-refractivity contribution in [3.8, 4) is 0 Å². The highest BCUT2D eigenvalue weighted by atomic mass is 35.5. The zero-order valence-corrected chi connectivity index (χ0v) is 20.1. The maximum atomic E-state index is 15.4. The third-order valence-electron chi connectivity index (χ3n) is 5.62. The van der Waals surface area contributed by atoms with E-state index in [0.29, 0.717) is 25.7 Å². The van der Waals surface area contributed by atoms with Crippen LogP contribution in [0.25, 0.3) is 5.57 Å². The molecule has 0 unspecified atom stereocenters. The van der Waals surface area contributed by atoms with E-state index in [9.17, 15) is 4.79 Å². The van der Waals surface area contributed by atoms with Gasteiger partial charge in [-0.15, -0.1) is 0 Å². The van der Waals surface area contributed by atoms with E-state index >= 15 is 8.63 Å². The van der Waals surface area contributed by atoms with Crippen LogP contribution in [0.2, 0.25) is 10.2 Å². The van der Waals surface area contributed by atoms with Gasteiger partial charge < -0.3 is 22.3 Å². The fraction of sp³-hybridized carbons (Fsp3) is 0.0435.